The summed E-state index contributed by atoms with van der Waals surface area (Å²) in [6, 6.07) is 4.38. The van der Waals surface area contributed by atoms with Gasteiger partial charge in [-0.05, 0) is 23.7 Å². The molecule has 0 N–H and O–H groups in total. The molecule has 0 atom stereocenters. The molecule has 0 aliphatic rings. The molecule has 0 fully saturated rings. The van der Waals surface area contributed by atoms with Gasteiger partial charge >= 0.3 is 0 Å². The van der Waals surface area contributed by atoms with E-state index in [0.29, 0.717) is 6.29 Å². The van der Waals surface area contributed by atoms with E-state index in [4.69, 9.17) is 21.6 Å². The van der Waals surface area contributed by atoms with Crippen LogP contribution in [0.3, 0.4) is 0 Å². The Labute approximate surface area is 91.0 Å². The van der Waals surface area contributed by atoms with Gasteiger partial charge in [0, 0.05) is 5.56 Å². The minimum Gasteiger partial charge on any atom is -0.495 e. The van der Waals surface area contributed by atoms with Crippen molar-refractivity contribution in [3.63, 3.8) is 0 Å². The second-order valence-corrected chi connectivity index (χ2v) is 2.99. The second kappa shape index (κ2) is 4.58. The molecule has 1 aromatic carbocycles. The van der Waals surface area contributed by atoms with Crippen molar-refractivity contribution in [2.24, 2.45) is 0 Å². The zero-order chi connectivity index (χ0) is 11.4. The third-order valence-corrected chi connectivity index (χ3v) is 2.01. The van der Waals surface area contributed by atoms with E-state index < -0.39 is 5.24 Å². The van der Waals surface area contributed by atoms with Crippen LogP contribution in [-0.2, 0) is 0 Å². The molecule has 0 saturated heterocycles. The van der Waals surface area contributed by atoms with Gasteiger partial charge in [0.05, 0.1) is 18.2 Å². The molecule has 1 aromatic rings. The summed E-state index contributed by atoms with van der Waals surface area (Å²) < 4.78 is 4.88. The second-order valence-electron chi connectivity index (χ2n) is 2.65. The zero-order valence-electron chi connectivity index (χ0n) is 7.78. The number of ether oxygens (including phenoxy) is 1. The summed E-state index contributed by atoms with van der Waals surface area (Å²) in [5.41, 5.74) is 0.322. The number of benzene rings is 1. The summed E-state index contributed by atoms with van der Waals surface area (Å²) in [6.07, 6.45) is 0.503. The fourth-order valence-electron chi connectivity index (χ4n) is 1.16. The van der Waals surface area contributed by atoms with Crippen molar-refractivity contribution >= 4 is 23.1 Å². The van der Waals surface area contributed by atoms with Gasteiger partial charge in [-0.25, -0.2) is 0 Å². The molecule has 0 radical (unpaired) electrons. The number of rotatable bonds is 3. The van der Waals surface area contributed by atoms with Crippen LogP contribution in [0.1, 0.15) is 26.3 Å². The number of carbonyl (C=O) groups excluding carboxylic acids is 2. The zero-order valence-corrected chi connectivity index (χ0v) is 8.54. The molecule has 15 heavy (non-hydrogen) atoms. The van der Waals surface area contributed by atoms with Crippen molar-refractivity contribution in [1.82, 2.24) is 0 Å². The Hall–Kier alpha value is -1.86. The molecule has 0 aliphatic carbocycles. The lowest BCUT2D eigenvalue weighted by Crippen LogP contribution is -1.99. The monoisotopic (exact) mass is 223 g/mol. The highest BCUT2D eigenvalue weighted by Gasteiger charge is 2.13. The number of halogens is 1. The number of carbonyl (C=O) groups is 2. The fraction of sp³-hybridized carbons (Fsp3) is 0.100. The number of nitrogens with zero attached hydrogens (tertiary/aromatic N) is 1. The van der Waals surface area contributed by atoms with Crippen molar-refractivity contribution < 1.29 is 14.3 Å². The Morgan fingerprint density at radius 1 is 1.60 bits per heavy atom. The van der Waals surface area contributed by atoms with Gasteiger partial charge < -0.3 is 4.74 Å². The van der Waals surface area contributed by atoms with E-state index in [1.807, 2.05) is 6.07 Å². The molecular formula is C10H6ClNO3. The van der Waals surface area contributed by atoms with Gasteiger partial charge in [-0.15, -0.1) is 0 Å². The first-order valence-electron chi connectivity index (χ1n) is 3.91. The molecule has 0 aromatic heterocycles. The quantitative estimate of drug-likeness (QED) is 0.578. The first-order valence-corrected chi connectivity index (χ1v) is 4.29. The summed E-state index contributed by atoms with van der Waals surface area (Å²) in [7, 11) is 1.34. The standard InChI is InChI=1S/C10H6ClNO3/c1-15-9-7(4-12)2-6(10(11)14)3-8(9)5-13/h2-3,5H,1H3. The third-order valence-electron chi connectivity index (χ3n) is 1.80. The molecule has 0 spiro atoms. The smallest absolute Gasteiger partial charge is 0.252 e. The van der Waals surface area contributed by atoms with Crippen molar-refractivity contribution in [2.45, 2.75) is 0 Å². The first-order chi connectivity index (χ1) is 7.13. The van der Waals surface area contributed by atoms with E-state index in [0.717, 1.165) is 0 Å². The molecule has 0 bridgehead atoms. The Morgan fingerprint density at radius 2 is 2.27 bits per heavy atom. The summed E-state index contributed by atoms with van der Waals surface area (Å²) >= 11 is 5.25. The number of hydrogen-bond acceptors (Lipinski definition) is 4. The van der Waals surface area contributed by atoms with E-state index in [1.54, 1.807) is 0 Å². The van der Waals surface area contributed by atoms with Crippen molar-refractivity contribution in [1.29, 1.82) is 5.26 Å². The van der Waals surface area contributed by atoms with E-state index >= 15 is 0 Å². The van der Waals surface area contributed by atoms with Crippen molar-refractivity contribution in [2.75, 3.05) is 7.11 Å². The van der Waals surface area contributed by atoms with Gasteiger partial charge in [-0.1, -0.05) is 0 Å². The highest BCUT2D eigenvalue weighted by atomic mass is 35.5. The van der Waals surface area contributed by atoms with Gasteiger partial charge in [0.15, 0.2) is 6.29 Å². The topological polar surface area (TPSA) is 67.2 Å². The molecule has 0 aliphatic heterocycles. The third kappa shape index (κ3) is 2.14. The van der Waals surface area contributed by atoms with Crippen LogP contribution >= 0.6 is 11.6 Å². The van der Waals surface area contributed by atoms with Gasteiger partial charge in [-0.3, -0.25) is 9.59 Å². The van der Waals surface area contributed by atoms with E-state index in [-0.39, 0.29) is 22.4 Å². The number of nitriles is 1. The van der Waals surface area contributed by atoms with Gasteiger partial charge in [0.25, 0.3) is 5.24 Å². The predicted molar refractivity (Wildman–Crippen MR) is 53.3 cm³/mol. The normalized spacial score (nSPS) is 9.13. The molecule has 76 valence electrons. The molecule has 5 heteroatoms. The fourth-order valence-corrected chi connectivity index (χ4v) is 1.27. The van der Waals surface area contributed by atoms with Gasteiger partial charge in [0.1, 0.15) is 11.8 Å². The van der Waals surface area contributed by atoms with Crippen molar-refractivity contribution in [3.05, 3.63) is 28.8 Å². The first kappa shape index (κ1) is 11.2. The molecule has 1 rings (SSSR count). The molecule has 0 unspecified atom stereocenters. The Bertz CT molecular complexity index is 462. The maximum atomic E-state index is 10.9. The SMILES string of the molecule is COc1c(C#N)cc(C(=O)Cl)cc1C=O. The summed E-state index contributed by atoms with van der Waals surface area (Å²) in [5.74, 6) is 0.147. The summed E-state index contributed by atoms with van der Waals surface area (Å²) in [4.78, 5) is 21.6. The van der Waals surface area contributed by atoms with Crippen LogP contribution in [0.15, 0.2) is 12.1 Å². The maximum Gasteiger partial charge on any atom is 0.252 e. The minimum absolute atomic E-state index is 0.0936. The van der Waals surface area contributed by atoms with Crippen LogP contribution in [0.2, 0.25) is 0 Å². The maximum absolute atomic E-state index is 10.9. The largest absolute Gasteiger partial charge is 0.495 e. The highest BCUT2D eigenvalue weighted by molar-refractivity contribution is 6.67. The molecule has 0 saturated carbocycles. The Kier molecular flexibility index (Phi) is 3.42. The van der Waals surface area contributed by atoms with Crippen LogP contribution < -0.4 is 4.74 Å². The lowest BCUT2D eigenvalue weighted by Gasteiger charge is -2.06. The lowest BCUT2D eigenvalue weighted by atomic mass is 10.1. The van der Waals surface area contributed by atoms with Crippen molar-refractivity contribution in [3.8, 4) is 11.8 Å². The predicted octanol–water partition coefficient (Wildman–Crippen LogP) is 1.76. The molecule has 0 heterocycles. The Balaban J connectivity index is 3.51. The van der Waals surface area contributed by atoms with Gasteiger partial charge in [0.2, 0.25) is 0 Å². The molecule has 0 amide bonds. The van der Waals surface area contributed by atoms with E-state index in [2.05, 4.69) is 0 Å². The molecular weight excluding hydrogens is 218 g/mol. The number of hydrogen-bond donors (Lipinski definition) is 0. The molecule has 4 nitrogen and oxygen atoms in total. The number of methoxy groups -OCH3 is 1. The van der Waals surface area contributed by atoms with Crippen LogP contribution in [0, 0.1) is 11.3 Å². The van der Waals surface area contributed by atoms with E-state index in [1.165, 1.54) is 19.2 Å². The number of aldehydes is 1. The average Bonchev–Trinajstić information content (AvgIpc) is 2.26. The van der Waals surface area contributed by atoms with Crippen LogP contribution in [0.25, 0.3) is 0 Å². The lowest BCUT2D eigenvalue weighted by molar-refractivity contribution is 0.108. The summed E-state index contributed by atoms with van der Waals surface area (Å²) in [6.45, 7) is 0. The Morgan fingerprint density at radius 3 is 2.67 bits per heavy atom. The van der Waals surface area contributed by atoms with Gasteiger partial charge in [-0.2, -0.15) is 5.26 Å². The van der Waals surface area contributed by atoms with E-state index in [9.17, 15) is 9.59 Å². The van der Waals surface area contributed by atoms with Crippen LogP contribution in [0.4, 0.5) is 0 Å². The highest BCUT2D eigenvalue weighted by Crippen LogP contribution is 2.24. The summed E-state index contributed by atoms with van der Waals surface area (Å²) in [5, 5.41) is 8.05. The minimum atomic E-state index is -0.725. The average molecular weight is 224 g/mol. The van der Waals surface area contributed by atoms with Crippen LogP contribution in [-0.4, -0.2) is 18.6 Å². The van der Waals surface area contributed by atoms with Crippen LogP contribution in [0.5, 0.6) is 5.75 Å².